The predicted octanol–water partition coefficient (Wildman–Crippen LogP) is 2.66. The highest BCUT2D eigenvalue weighted by Gasteiger charge is 2.38. The van der Waals surface area contributed by atoms with Gasteiger partial charge < -0.3 is 9.42 Å². The highest BCUT2D eigenvalue weighted by atomic mass is 16.5. The first-order valence-corrected chi connectivity index (χ1v) is 8.47. The third-order valence-corrected chi connectivity index (χ3v) is 4.96. The number of aromatic nitrogens is 1. The fourth-order valence-electron chi connectivity index (χ4n) is 3.61. The van der Waals surface area contributed by atoms with Crippen molar-refractivity contribution in [3.63, 3.8) is 0 Å². The highest BCUT2D eigenvalue weighted by molar-refractivity contribution is 5.79. The van der Waals surface area contributed by atoms with Crippen LogP contribution in [0.2, 0.25) is 0 Å². The molecule has 0 atom stereocenters. The van der Waals surface area contributed by atoms with Crippen LogP contribution in [0.1, 0.15) is 55.5 Å². The first kappa shape index (κ1) is 15.5. The van der Waals surface area contributed by atoms with E-state index in [-0.39, 0.29) is 0 Å². The zero-order chi connectivity index (χ0) is 15.7. The molecule has 2 aliphatic rings. The van der Waals surface area contributed by atoms with E-state index in [1.807, 2.05) is 20.9 Å². The Hall–Kier alpha value is -1.36. The van der Waals surface area contributed by atoms with Gasteiger partial charge in [0.15, 0.2) is 0 Å². The topological polar surface area (TPSA) is 49.6 Å². The van der Waals surface area contributed by atoms with Crippen LogP contribution in [0, 0.1) is 13.8 Å². The number of carbonyl (C=O) groups is 1. The van der Waals surface area contributed by atoms with E-state index in [2.05, 4.69) is 15.0 Å². The molecule has 5 heteroatoms. The van der Waals surface area contributed by atoms with Crippen LogP contribution in [0.15, 0.2) is 4.52 Å². The molecule has 122 valence electrons. The summed E-state index contributed by atoms with van der Waals surface area (Å²) < 4.78 is 5.21. The average Bonchev–Trinajstić information content (AvgIpc) is 3.06. The molecule has 2 fully saturated rings. The molecule has 3 rings (SSSR count). The highest BCUT2D eigenvalue weighted by Crippen LogP contribution is 2.34. The van der Waals surface area contributed by atoms with Gasteiger partial charge in [0.25, 0.3) is 0 Å². The molecule has 0 saturated heterocycles. The normalized spacial score (nSPS) is 19.1. The van der Waals surface area contributed by atoms with Crippen molar-refractivity contribution in [2.45, 2.75) is 71.0 Å². The molecule has 0 unspecified atom stereocenters. The maximum atomic E-state index is 12.8. The summed E-state index contributed by atoms with van der Waals surface area (Å²) in [4.78, 5) is 17.1. The van der Waals surface area contributed by atoms with Gasteiger partial charge in [0.2, 0.25) is 5.91 Å². The summed E-state index contributed by atoms with van der Waals surface area (Å²) >= 11 is 0. The smallest absolute Gasteiger partial charge is 0.237 e. The number of rotatable bonds is 6. The van der Waals surface area contributed by atoms with Crippen molar-refractivity contribution >= 4 is 5.91 Å². The van der Waals surface area contributed by atoms with Gasteiger partial charge in [-0.2, -0.15) is 0 Å². The van der Waals surface area contributed by atoms with Crippen LogP contribution in [0.5, 0.6) is 0 Å². The molecule has 0 aromatic carbocycles. The summed E-state index contributed by atoms with van der Waals surface area (Å²) in [6.07, 6.45) is 7.31. The van der Waals surface area contributed by atoms with Crippen molar-refractivity contribution in [2.75, 3.05) is 13.6 Å². The lowest BCUT2D eigenvalue weighted by atomic mass is 10.2. The maximum Gasteiger partial charge on any atom is 0.237 e. The molecule has 0 bridgehead atoms. The Kier molecular flexibility index (Phi) is 4.52. The zero-order valence-electron chi connectivity index (χ0n) is 14.0. The third-order valence-electron chi connectivity index (χ3n) is 4.96. The Labute approximate surface area is 132 Å². The van der Waals surface area contributed by atoms with Crippen molar-refractivity contribution < 1.29 is 9.32 Å². The maximum absolute atomic E-state index is 12.8. The predicted molar refractivity (Wildman–Crippen MR) is 84.4 cm³/mol. The van der Waals surface area contributed by atoms with Gasteiger partial charge >= 0.3 is 0 Å². The summed E-state index contributed by atoms with van der Waals surface area (Å²) in [6.45, 7) is 5.09. The molecule has 1 aromatic rings. The Balaban J connectivity index is 1.59. The van der Waals surface area contributed by atoms with Crippen LogP contribution in [0.3, 0.4) is 0 Å². The summed E-state index contributed by atoms with van der Waals surface area (Å²) in [5, 5.41) is 3.99. The summed E-state index contributed by atoms with van der Waals surface area (Å²) in [6, 6.07) is 1.01. The van der Waals surface area contributed by atoms with Crippen molar-refractivity contribution in [2.24, 2.45) is 0 Å². The van der Waals surface area contributed by atoms with Crippen LogP contribution in [-0.4, -0.2) is 46.5 Å². The fraction of sp³-hybridized carbons (Fsp3) is 0.765. The molecule has 2 saturated carbocycles. The van der Waals surface area contributed by atoms with Crippen molar-refractivity contribution in [1.82, 2.24) is 15.0 Å². The number of carbonyl (C=O) groups excluding carboxylic acids is 1. The molecule has 2 aliphatic carbocycles. The summed E-state index contributed by atoms with van der Waals surface area (Å²) in [7, 11) is 2.00. The minimum absolute atomic E-state index is 0.295. The molecule has 0 N–H and O–H groups in total. The molecular formula is C17H27N3O2. The van der Waals surface area contributed by atoms with Crippen LogP contribution in [0.4, 0.5) is 0 Å². The fourth-order valence-corrected chi connectivity index (χ4v) is 3.61. The van der Waals surface area contributed by atoms with E-state index in [4.69, 9.17) is 4.52 Å². The Morgan fingerprint density at radius 3 is 2.36 bits per heavy atom. The van der Waals surface area contributed by atoms with E-state index in [9.17, 15) is 4.79 Å². The minimum atomic E-state index is 0.295. The lowest BCUT2D eigenvalue weighted by molar-refractivity contribution is -0.135. The first-order chi connectivity index (χ1) is 10.6. The molecule has 1 heterocycles. The molecule has 0 aliphatic heterocycles. The molecule has 1 aromatic heterocycles. The molecule has 1 amide bonds. The number of amides is 1. The lowest BCUT2D eigenvalue weighted by Gasteiger charge is -2.31. The standard InChI is InChI=1S/C17H27N3O2/c1-12-16(13(2)22-18-12)10-19(3)11-17(21)20(15-8-9-15)14-6-4-5-7-14/h14-15H,4-11H2,1-3H3. The van der Waals surface area contributed by atoms with Gasteiger partial charge in [0, 0.05) is 24.2 Å². The Morgan fingerprint density at radius 2 is 1.82 bits per heavy atom. The van der Waals surface area contributed by atoms with E-state index in [0.717, 1.165) is 23.6 Å². The zero-order valence-corrected chi connectivity index (χ0v) is 14.0. The number of aryl methyl sites for hydroxylation is 2. The van der Waals surface area contributed by atoms with Gasteiger partial charge in [0.05, 0.1) is 12.2 Å². The second kappa shape index (κ2) is 6.41. The van der Waals surface area contributed by atoms with Crippen molar-refractivity contribution in [3.05, 3.63) is 17.0 Å². The van der Waals surface area contributed by atoms with E-state index >= 15 is 0 Å². The van der Waals surface area contributed by atoms with Crippen LogP contribution >= 0.6 is 0 Å². The largest absolute Gasteiger partial charge is 0.361 e. The van der Waals surface area contributed by atoms with Gasteiger partial charge in [0.1, 0.15) is 5.76 Å². The van der Waals surface area contributed by atoms with Crippen molar-refractivity contribution in [1.29, 1.82) is 0 Å². The molecule has 0 radical (unpaired) electrons. The quantitative estimate of drug-likeness (QED) is 0.811. The van der Waals surface area contributed by atoms with Gasteiger partial charge in [-0.3, -0.25) is 9.69 Å². The van der Waals surface area contributed by atoms with Gasteiger partial charge in [-0.15, -0.1) is 0 Å². The van der Waals surface area contributed by atoms with E-state index < -0.39 is 0 Å². The van der Waals surface area contributed by atoms with Gasteiger partial charge in [-0.1, -0.05) is 18.0 Å². The van der Waals surface area contributed by atoms with Crippen LogP contribution in [0.25, 0.3) is 0 Å². The first-order valence-electron chi connectivity index (χ1n) is 8.47. The third kappa shape index (κ3) is 3.35. The summed E-state index contributed by atoms with van der Waals surface area (Å²) in [5.74, 6) is 1.15. The number of nitrogens with zero attached hydrogens (tertiary/aromatic N) is 3. The van der Waals surface area contributed by atoms with E-state index in [0.29, 0.717) is 24.5 Å². The average molecular weight is 305 g/mol. The van der Waals surface area contributed by atoms with Crippen LogP contribution < -0.4 is 0 Å². The minimum Gasteiger partial charge on any atom is -0.361 e. The molecule has 22 heavy (non-hydrogen) atoms. The number of hydrogen-bond donors (Lipinski definition) is 0. The second-order valence-electron chi connectivity index (χ2n) is 6.95. The van der Waals surface area contributed by atoms with Gasteiger partial charge in [-0.25, -0.2) is 0 Å². The molecular weight excluding hydrogens is 278 g/mol. The Morgan fingerprint density at radius 1 is 1.18 bits per heavy atom. The monoisotopic (exact) mass is 305 g/mol. The second-order valence-corrected chi connectivity index (χ2v) is 6.95. The molecule has 0 spiro atoms. The molecule has 5 nitrogen and oxygen atoms in total. The lowest BCUT2D eigenvalue weighted by Crippen LogP contribution is -2.45. The summed E-state index contributed by atoms with van der Waals surface area (Å²) in [5.41, 5.74) is 2.03. The Bertz CT molecular complexity index is 511. The van der Waals surface area contributed by atoms with E-state index in [1.54, 1.807) is 0 Å². The number of likely N-dealkylation sites (N-methyl/N-ethyl adjacent to an activating group) is 1. The SMILES string of the molecule is Cc1noc(C)c1CN(C)CC(=O)N(C1CCCC1)C1CC1. The van der Waals surface area contributed by atoms with Gasteiger partial charge in [-0.05, 0) is 46.6 Å². The van der Waals surface area contributed by atoms with Crippen LogP contribution in [-0.2, 0) is 11.3 Å². The van der Waals surface area contributed by atoms with E-state index in [1.165, 1.54) is 38.5 Å². The van der Waals surface area contributed by atoms with Crippen molar-refractivity contribution in [3.8, 4) is 0 Å². The number of hydrogen-bond acceptors (Lipinski definition) is 4.